The molecule has 0 N–H and O–H groups in total. The molecule has 0 aromatic heterocycles. The molecule has 0 spiro atoms. The van der Waals surface area contributed by atoms with Crippen molar-refractivity contribution in [3.63, 3.8) is 0 Å². The number of carbonyl (C=O) groups is 1. The largest absolute Gasteiger partial charge is 0.490 e. The van der Waals surface area contributed by atoms with Crippen LogP contribution in [0.4, 0.5) is 0 Å². The number of benzene rings is 2. The van der Waals surface area contributed by atoms with Gasteiger partial charge in [-0.2, -0.15) is 0 Å². The molecule has 0 fully saturated rings. The first-order valence-corrected chi connectivity index (χ1v) is 6.62. The molecule has 0 radical (unpaired) electrons. The van der Waals surface area contributed by atoms with E-state index in [9.17, 15) is 4.79 Å². The molecule has 3 rings (SSSR count). The molecule has 1 atom stereocenters. The second-order valence-corrected chi connectivity index (χ2v) is 5.17. The van der Waals surface area contributed by atoms with Crippen LogP contribution in [0.25, 0.3) is 0 Å². The van der Waals surface area contributed by atoms with Gasteiger partial charge in [0.2, 0.25) is 0 Å². The monoisotopic (exact) mass is 272 g/mol. The fourth-order valence-corrected chi connectivity index (χ4v) is 2.59. The lowest BCUT2D eigenvalue weighted by Gasteiger charge is -2.05. The van der Waals surface area contributed by atoms with Gasteiger partial charge in [-0.3, -0.25) is 4.79 Å². The summed E-state index contributed by atoms with van der Waals surface area (Å²) < 4.78 is 5.63. The van der Waals surface area contributed by atoms with E-state index < -0.39 is 0 Å². The lowest BCUT2D eigenvalue weighted by atomic mass is 10.00. The summed E-state index contributed by atoms with van der Waals surface area (Å²) in [5.41, 5.74) is 2.28. The highest BCUT2D eigenvalue weighted by molar-refractivity contribution is 6.35. The van der Waals surface area contributed by atoms with E-state index in [-0.39, 0.29) is 11.9 Å². The van der Waals surface area contributed by atoms with E-state index in [0.717, 1.165) is 17.7 Å². The predicted octanol–water partition coefficient (Wildman–Crippen LogP) is 3.89. The van der Waals surface area contributed by atoms with Crippen LogP contribution in [0.5, 0.6) is 5.75 Å². The first-order valence-electron chi connectivity index (χ1n) is 6.24. The van der Waals surface area contributed by atoms with Gasteiger partial charge >= 0.3 is 0 Å². The Morgan fingerprint density at radius 3 is 2.84 bits per heavy atom. The minimum absolute atomic E-state index is 0.0482. The van der Waals surface area contributed by atoms with Gasteiger partial charge in [0.15, 0.2) is 5.78 Å². The summed E-state index contributed by atoms with van der Waals surface area (Å²) in [6.45, 7) is 2.02. The van der Waals surface area contributed by atoms with Crippen molar-refractivity contribution in [1.29, 1.82) is 0 Å². The summed E-state index contributed by atoms with van der Waals surface area (Å²) in [5, 5.41) is 0.484. The molecule has 0 bridgehead atoms. The molecule has 0 aliphatic carbocycles. The molecular formula is C16H13ClO2. The summed E-state index contributed by atoms with van der Waals surface area (Å²) >= 11 is 6.06. The van der Waals surface area contributed by atoms with Crippen LogP contribution in [-0.2, 0) is 6.42 Å². The van der Waals surface area contributed by atoms with E-state index >= 15 is 0 Å². The Hall–Kier alpha value is -1.80. The van der Waals surface area contributed by atoms with Crippen molar-refractivity contribution < 1.29 is 9.53 Å². The van der Waals surface area contributed by atoms with Gasteiger partial charge in [-0.1, -0.05) is 23.7 Å². The Labute approximate surface area is 117 Å². The van der Waals surface area contributed by atoms with Gasteiger partial charge in [0.05, 0.1) is 5.02 Å². The van der Waals surface area contributed by atoms with Crippen LogP contribution in [-0.4, -0.2) is 11.9 Å². The van der Waals surface area contributed by atoms with Gasteiger partial charge in [-0.15, -0.1) is 0 Å². The fraction of sp³-hybridized carbons (Fsp3) is 0.188. The molecule has 0 saturated carbocycles. The molecule has 2 aromatic rings. The number of rotatable bonds is 2. The normalized spacial score (nSPS) is 16.8. The first-order chi connectivity index (χ1) is 9.15. The number of halogens is 1. The predicted molar refractivity (Wildman–Crippen MR) is 75.1 cm³/mol. The van der Waals surface area contributed by atoms with Gasteiger partial charge in [0.1, 0.15) is 11.9 Å². The molecule has 3 heteroatoms. The number of carbonyl (C=O) groups excluding carboxylic acids is 1. The van der Waals surface area contributed by atoms with Gasteiger partial charge in [-0.05, 0) is 42.8 Å². The van der Waals surface area contributed by atoms with Crippen LogP contribution in [0, 0.1) is 0 Å². The molecule has 1 aliphatic rings. The number of fused-ring (bicyclic) bond motifs is 1. The molecular weight excluding hydrogens is 260 g/mol. The smallest absolute Gasteiger partial charge is 0.194 e. The molecule has 2 nitrogen and oxygen atoms in total. The fourth-order valence-electron chi connectivity index (χ4n) is 2.36. The van der Waals surface area contributed by atoms with Crippen LogP contribution in [0.2, 0.25) is 5.02 Å². The standard InChI is InChI=1S/C16H13ClO2/c1-10-8-12-9-11(6-7-15(12)19-10)16(18)13-4-2-3-5-14(13)17/h2-7,9-10H,8H2,1H3. The third kappa shape index (κ3) is 2.24. The maximum atomic E-state index is 12.4. The zero-order valence-corrected chi connectivity index (χ0v) is 11.3. The highest BCUT2D eigenvalue weighted by Crippen LogP contribution is 2.30. The highest BCUT2D eigenvalue weighted by Gasteiger charge is 2.21. The molecule has 1 heterocycles. The minimum atomic E-state index is -0.0482. The van der Waals surface area contributed by atoms with E-state index in [0.29, 0.717) is 16.1 Å². The summed E-state index contributed by atoms with van der Waals surface area (Å²) in [7, 11) is 0. The maximum absolute atomic E-state index is 12.4. The number of ether oxygens (including phenoxy) is 1. The minimum Gasteiger partial charge on any atom is -0.490 e. The van der Waals surface area contributed by atoms with E-state index in [1.165, 1.54) is 0 Å². The van der Waals surface area contributed by atoms with Crippen molar-refractivity contribution in [2.24, 2.45) is 0 Å². The van der Waals surface area contributed by atoms with E-state index in [2.05, 4.69) is 0 Å². The summed E-state index contributed by atoms with van der Waals surface area (Å²) in [5.74, 6) is 0.830. The molecule has 19 heavy (non-hydrogen) atoms. The lowest BCUT2D eigenvalue weighted by molar-refractivity contribution is 0.103. The molecule has 1 aliphatic heterocycles. The van der Waals surface area contributed by atoms with Crippen LogP contribution in [0.3, 0.4) is 0 Å². The third-order valence-electron chi connectivity index (χ3n) is 3.28. The van der Waals surface area contributed by atoms with Crippen molar-refractivity contribution in [2.75, 3.05) is 0 Å². The van der Waals surface area contributed by atoms with Crippen molar-refractivity contribution in [1.82, 2.24) is 0 Å². The molecule has 0 amide bonds. The van der Waals surface area contributed by atoms with Crippen LogP contribution in [0.15, 0.2) is 42.5 Å². The Morgan fingerprint density at radius 1 is 1.26 bits per heavy atom. The summed E-state index contributed by atoms with van der Waals surface area (Å²) in [4.78, 5) is 12.4. The summed E-state index contributed by atoms with van der Waals surface area (Å²) in [6.07, 6.45) is 1.03. The van der Waals surface area contributed by atoms with Crippen LogP contribution >= 0.6 is 11.6 Å². The Kier molecular flexibility index (Phi) is 3.03. The van der Waals surface area contributed by atoms with Crippen LogP contribution in [0.1, 0.15) is 28.4 Å². The molecule has 2 aromatic carbocycles. The number of ketones is 1. The number of hydrogen-bond acceptors (Lipinski definition) is 2. The van der Waals surface area contributed by atoms with E-state index in [1.54, 1.807) is 18.2 Å². The third-order valence-corrected chi connectivity index (χ3v) is 3.61. The second kappa shape index (κ2) is 4.71. The van der Waals surface area contributed by atoms with Crippen molar-refractivity contribution in [2.45, 2.75) is 19.4 Å². The molecule has 1 unspecified atom stereocenters. The van der Waals surface area contributed by atoms with Gasteiger partial charge < -0.3 is 4.74 Å². The number of hydrogen-bond donors (Lipinski definition) is 0. The average Bonchev–Trinajstić information content (AvgIpc) is 2.77. The molecule has 0 saturated heterocycles. The van der Waals surface area contributed by atoms with Gasteiger partial charge in [0.25, 0.3) is 0 Å². The zero-order chi connectivity index (χ0) is 13.4. The molecule has 96 valence electrons. The van der Waals surface area contributed by atoms with Crippen LogP contribution < -0.4 is 4.74 Å². The van der Waals surface area contributed by atoms with Gasteiger partial charge in [-0.25, -0.2) is 0 Å². The van der Waals surface area contributed by atoms with E-state index in [1.807, 2.05) is 31.2 Å². The van der Waals surface area contributed by atoms with Crippen molar-refractivity contribution in [3.05, 3.63) is 64.2 Å². The van der Waals surface area contributed by atoms with E-state index in [4.69, 9.17) is 16.3 Å². The Morgan fingerprint density at radius 2 is 2.05 bits per heavy atom. The Balaban J connectivity index is 1.98. The average molecular weight is 273 g/mol. The zero-order valence-electron chi connectivity index (χ0n) is 10.5. The SMILES string of the molecule is CC1Cc2cc(C(=O)c3ccccc3Cl)ccc2O1. The maximum Gasteiger partial charge on any atom is 0.194 e. The lowest BCUT2D eigenvalue weighted by Crippen LogP contribution is -2.05. The van der Waals surface area contributed by atoms with Crippen molar-refractivity contribution >= 4 is 17.4 Å². The van der Waals surface area contributed by atoms with Gasteiger partial charge in [0, 0.05) is 17.5 Å². The second-order valence-electron chi connectivity index (χ2n) is 4.76. The highest BCUT2D eigenvalue weighted by atomic mass is 35.5. The summed E-state index contributed by atoms with van der Waals surface area (Å²) in [6, 6.07) is 12.7. The first kappa shape index (κ1) is 12.2. The van der Waals surface area contributed by atoms with Crippen molar-refractivity contribution in [3.8, 4) is 5.75 Å². The topological polar surface area (TPSA) is 26.3 Å². The Bertz CT molecular complexity index is 649. The quantitative estimate of drug-likeness (QED) is 0.775.